The molecule has 2 fully saturated rings. The number of hydrogen-bond acceptors (Lipinski definition) is 4. The van der Waals surface area contributed by atoms with Gasteiger partial charge in [-0.2, -0.15) is 0 Å². The number of piperidine rings is 1. The molecule has 148 valence electrons. The summed E-state index contributed by atoms with van der Waals surface area (Å²) in [4.78, 5) is 17.1. The van der Waals surface area contributed by atoms with Crippen molar-refractivity contribution in [3.05, 3.63) is 48.0 Å². The van der Waals surface area contributed by atoms with E-state index in [4.69, 9.17) is 4.74 Å². The summed E-state index contributed by atoms with van der Waals surface area (Å²) in [5, 5.41) is 6.59. The number of halogens is 1. The second kappa shape index (κ2) is 7.51. The van der Waals surface area contributed by atoms with Crippen molar-refractivity contribution < 1.29 is 13.9 Å². The molecule has 3 heterocycles. The molecule has 1 amide bonds. The van der Waals surface area contributed by atoms with E-state index in [-0.39, 0.29) is 23.8 Å². The molecular weight excluding hydrogens is 357 g/mol. The topological polar surface area (TPSA) is 63.2 Å². The number of rotatable bonds is 4. The van der Waals surface area contributed by atoms with Crippen LogP contribution < -0.4 is 15.4 Å². The van der Waals surface area contributed by atoms with Crippen molar-refractivity contribution in [1.29, 1.82) is 0 Å². The zero-order valence-electron chi connectivity index (χ0n) is 16.3. The first-order valence-electron chi connectivity index (χ1n) is 9.98. The summed E-state index contributed by atoms with van der Waals surface area (Å²) in [5.74, 6) is 0.431. The van der Waals surface area contributed by atoms with Crippen LogP contribution in [0.4, 0.5) is 4.39 Å². The summed E-state index contributed by atoms with van der Waals surface area (Å²) in [6.45, 7) is 4.46. The molecule has 0 aliphatic carbocycles. The molecule has 1 aromatic carbocycles. The van der Waals surface area contributed by atoms with Crippen LogP contribution in [0.25, 0.3) is 11.1 Å². The fourth-order valence-electron chi connectivity index (χ4n) is 4.27. The van der Waals surface area contributed by atoms with Gasteiger partial charge in [-0.05, 0) is 75.4 Å². The Morgan fingerprint density at radius 3 is 2.86 bits per heavy atom. The second-order valence-corrected chi connectivity index (χ2v) is 7.77. The van der Waals surface area contributed by atoms with Gasteiger partial charge in [-0.25, -0.2) is 4.39 Å². The highest BCUT2D eigenvalue weighted by Crippen LogP contribution is 2.38. The van der Waals surface area contributed by atoms with E-state index in [9.17, 15) is 9.18 Å². The van der Waals surface area contributed by atoms with E-state index < -0.39 is 5.54 Å². The summed E-state index contributed by atoms with van der Waals surface area (Å²) in [7, 11) is 0. The maximum absolute atomic E-state index is 14.4. The highest BCUT2D eigenvalue weighted by atomic mass is 19.1. The molecule has 2 saturated heterocycles. The van der Waals surface area contributed by atoms with Crippen molar-refractivity contribution in [3.63, 3.8) is 0 Å². The molecule has 0 bridgehead atoms. The Hall–Kier alpha value is -2.47. The fourth-order valence-corrected chi connectivity index (χ4v) is 4.27. The van der Waals surface area contributed by atoms with Crippen molar-refractivity contribution in [2.75, 3.05) is 6.61 Å². The van der Waals surface area contributed by atoms with Crippen molar-refractivity contribution in [2.45, 2.75) is 57.2 Å². The van der Waals surface area contributed by atoms with Crippen LogP contribution in [0.5, 0.6) is 5.75 Å². The van der Waals surface area contributed by atoms with Gasteiger partial charge in [-0.3, -0.25) is 15.1 Å². The molecule has 2 aliphatic heterocycles. The van der Waals surface area contributed by atoms with Crippen LogP contribution in [-0.4, -0.2) is 29.1 Å². The van der Waals surface area contributed by atoms with Gasteiger partial charge in [-0.15, -0.1) is 0 Å². The lowest BCUT2D eigenvalue weighted by atomic mass is 9.85. The molecule has 6 heteroatoms. The predicted molar refractivity (Wildman–Crippen MR) is 105 cm³/mol. The van der Waals surface area contributed by atoms with E-state index >= 15 is 0 Å². The van der Waals surface area contributed by atoms with Gasteiger partial charge in [0.05, 0.1) is 23.9 Å². The third-order valence-corrected chi connectivity index (χ3v) is 5.82. The van der Waals surface area contributed by atoms with Gasteiger partial charge in [0.15, 0.2) is 0 Å². The van der Waals surface area contributed by atoms with Gasteiger partial charge in [0.2, 0.25) is 5.91 Å². The lowest BCUT2D eigenvalue weighted by molar-refractivity contribution is -0.130. The first-order valence-corrected chi connectivity index (χ1v) is 9.98. The minimum Gasteiger partial charge on any atom is -0.494 e. The molecule has 5 nitrogen and oxygen atoms in total. The first-order chi connectivity index (χ1) is 13.5. The Labute approximate surface area is 164 Å². The summed E-state index contributed by atoms with van der Waals surface area (Å²) in [6.07, 6.45) is 5.12. The lowest BCUT2D eigenvalue weighted by Crippen LogP contribution is -2.59. The Balaban J connectivity index is 1.59. The van der Waals surface area contributed by atoms with Crippen LogP contribution in [-0.2, 0) is 4.79 Å². The lowest BCUT2D eigenvalue weighted by Gasteiger charge is -2.36. The fraction of sp³-hybridized carbons (Fsp3) is 0.455. The number of amides is 1. The Kier molecular flexibility index (Phi) is 5.06. The standard InChI is InChI=1S/C22H26FN3O2/c1-3-28-16-4-5-18(23)17(13-16)15-8-11-24-20(12-15)19-7-10-22(26-19)9-6-14(2)25-21(22)27/h4-5,8,11-14,19,26H,3,6-7,9-10H2,1-2H3,(H,25,27). The molecule has 2 aliphatic rings. The number of hydrogen-bond donors (Lipinski definition) is 2. The summed E-state index contributed by atoms with van der Waals surface area (Å²) in [6, 6.07) is 8.70. The number of carbonyl (C=O) groups is 1. The third-order valence-electron chi connectivity index (χ3n) is 5.82. The van der Waals surface area contributed by atoms with Crippen LogP contribution in [0.1, 0.15) is 51.3 Å². The van der Waals surface area contributed by atoms with Crippen LogP contribution in [0.15, 0.2) is 36.5 Å². The van der Waals surface area contributed by atoms with E-state index in [1.165, 1.54) is 6.07 Å². The molecule has 28 heavy (non-hydrogen) atoms. The second-order valence-electron chi connectivity index (χ2n) is 7.77. The number of aromatic nitrogens is 1. The number of pyridine rings is 1. The average molecular weight is 383 g/mol. The maximum Gasteiger partial charge on any atom is 0.240 e. The van der Waals surface area contributed by atoms with Gasteiger partial charge < -0.3 is 10.1 Å². The molecule has 2 N–H and O–H groups in total. The van der Waals surface area contributed by atoms with E-state index in [1.807, 2.05) is 19.9 Å². The van der Waals surface area contributed by atoms with E-state index in [2.05, 4.69) is 15.6 Å². The molecule has 2 aromatic rings. The minimum absolute atomic E-state index is 0.0164. The molecule has 4 rings (SSSR count). The predicted octanol–water partition coefficient (Wildman–Crippen LogP) is 3.75. The minimum atomic E-state index is -0.505. The number of nitrogens with zero attached hydrogens (tertiary/aromatic N) is 1. The molecule has 1 spiro atoms. The third kappa shape index (κ3) is 3.49. The average Bonchev–Trinajstić information content (AvgIpc) is 3.13. The van der Waals surface area contributed by atoms with Crippen LogP contribution in [0.2, 0.25) is 0 Å². The van der Waals surface area contributed by atoms with Crippen molar-refractivity contribution in [3.8, 4) is 16.9 Å². The monoisotopic (exact) mass is 383 g/mol. The van der Waals surface area contributed by atoms with E-state index in [0.717, 1.165) is 36.9 Å². The van der Waals surface area contributed by atoms with Crippen LogP contribution >= 0.6 is 0 Å². The van der Waals surface area contributed by atoms with Gasteiger partial charge >= 0.3 is 0 Å². The zero-order chi connectivity index (χ0) is 19.7. The summed E-state index contributed by atoms with van der Waals surface area (Å²) in [5.41, 5.74) is 1.58. The number of nitrogens with one attached hydrogen (secondary N) is 2. The van der Waals surface area contributed by atoms with Gasteiger partial charge in [0.1, 0.15) is 11.6 Å². The maximum atomic E-state index is 14.4. The van der Waals surface area contributed by atoms with Gasteiger partial charge in [0.25, 0.3) is 0 Å². The number of benzene rings is 1. The Morgan fingerprint density at radius 2 is 2.07 bits per heavy atom. The van der Waals surface area contributed by atoms with Crippen molar-refractivity contribution >= 4 is 5.91 Å². The van der Waals surface area contributed by atoms with E-state index in [1.54, 1.807) is 24.4 Å². The smallest absolute Gasteiger partial charge is 0.240 e. The Bertz CT molecular complexity index is 888. The summed E-state index contributed by atoms with van der Waals surface area (Å²) < 4.78 is 19.9. The van der Waals surface area contributed by atoms with Crippen LogP contribution in [0.3, 0.4) is 0 Å². The van der Waals surface area contributed by atoms with Crippen molar-refractivity contribution in [2.24, 2.45) is 0 Å². The molecule has 3 unspecified atom stereocenters. The quantitative estimate of drug-likeness (QED) is 0.844. The zero-order valence-corrected chi connectivity index (χ0v) is 16.3. The molecule has 0 saturated carbocycles. The number of ether oxygens (including phenoxy) is 1. The molecular formula is C22H26FN3O2. The van der Waals surface area contributed by atoms with Gasteiger partial charge in [-0.1, -0.05) is 0 Å². The highest BCUT2D eigenvalue weighted by Gasteiger charge is 2.47. The molecule has 0 radical (unpaired) electrons. The summed E-state index contributed by atoms with van der Waals surface area (Å²) >= 11 is 0. The van der Waals surface area contributed by atoms with Crippen molar-refractivity contribution in [1.82, 2.24) is 15.6 Å². The van der Waals surface area contributed by atoms with Gasteiger partial charge in [0, 0.05) is 17.8 Å². The largest absolute Gasteiger partial charge is 0.494 e. The Morgan fingerprint density at radius 1 is 1.25 bits per heavy atom. The molecule has 3 atom stereocenters. The normalized spacial score (nSPS) is 27.0. The SMILES string of the molecule is CCOc1ccc(F)c(-c2ccnc(C3CCC4(CCC(C)NC4=O)N3)c2)c1. The van der Waals surface area contributed by atoms with E-state index in [0.29, 0.717) is 17.9 Å². The first kappa shape index (κ1) is 18.9. The highest BCUT2D eigenvalue weighted by molar-refractivity contribution is 5.87. The number of carbonyl (C=O) groups excluding carboxylic acids is 1. The van der Waals surface area contributed by atoms with Crippen LogP contribution in [0, 0.1) is 5.82 Å². The molecule has 1 aromatic heterocycles.